The van der Waals surface area contributed by atoms with Gasteiger partial charge < -0.3 is 4.90 Å². The van der Waals surface area contributed by atoms with E-state index < -0.39 is 0 Å². The van der Waals surface area contributed by atoms with Crippen molar-refractivity contribution in [3.8, 4) is 0 Å². The molecule has 1 saturated heterocycles. The number of aryl methyl sites for hydroxylation is 1. The molecule has 0 radical (unpaired) electrons. The summed E-state index contributed by atoms with van der Waals surface area (Å²) in [5.41, 5.74) is 0. The molecular weight excluding hydrogens is 218 g/mol. The van der Waals surface area contributed by atoms with Crippen LogP contribution in [0.25, 0.3) is 0 Å². The van der Waals surface area contributed by atoms with E-state index >= 15 is 0 Å². The van der Waals surface area contributed by atoms with Crippen molar-refractivity contribution in [1.29, 1.82) is 0 Å². The maximum Gasteiger partial charge on any atom is 0.289 e. The Bertz CT molecular complexity index is 333. The second-order valence-corrected chi connectivity index (χ2v) is 5.03. The molecule has 1 fully saturated rings. The summed E-state index contributed by atoms with van der Waals surface area (Å²) in [5.74, 6) is 0. The molecule has 4 nitrogen and oxygen atoms in total. The Morgan fingerprint density at radius 2 is 2.21 bits per heavy atom. The first-order valence-electron chi connectivity index (χ1n) is 4.53. The molecular formula is C8H11N3OS2. The molecule has 6 heteroatoms. The highest BCUT2D eigenvalue weighted by Gasteiger charge is 2.20. The summed E-state index contributed by atoms with van der Waals surface area (Å²) in [5, 5.41) is 1.58. The number of hydrogen-bond acceptors (Lipinski definition) is 5. The lowest BCUT2D eigenvalue weighted by Crippen LogP contribution is -2.23. The molecule has 1 aliphatic rings. The van der Waals surface area contributed by atoms with E-state index in [0.29, 0.717) is 5.16 Å². The molecule has 0 atom stereocenters. The molecule has 2 heterocycles. The highest BCUT2D eigenvalue weighted by molar-refractivity contribution is 8.13. The summed E-state index contributed by atoms with van der Waals surface area (Å²) in [7, 11) is 0. The third-order valence-electron chi connectivity index (χ3n) is 2.05. The van der Waals surface area contributed by atoms with E-state index in [1.165, 1.54) is 11.5 Å². The van der Waals surface area contributed by atoms with Gasteiger partial charge in [0.1, 0.15) is 5.01 Å². The molecule has 14 heavy (non-hydrogen) atoms. The number of amides is 1. The second-order valence-electron chi connectivity index (χ2n) is 3.16. The molecule has 0 N–H and O–H groups in total. The molecule has 1 amide bonds. The molecule has 0 bridgehead atoms. The standard InChI is InChI=1S/C8H11N3OS2/c1-6-9-7(10-14-6)13-8(12)11-4-2-3-5-11/h2-5H2,1H3. The fourth-order valence-electron chi connectivity index (χ4n) is 1.36. The Hall–Kier alpha value is -0.620. The average Bonchev–Trinajstić information content (AvgIpc) is 2.75. The van der Waals surface area contributed by atoms with Gasteiger partial charge in [0.2, 0.25) is 5.16 Å². The summed E-state index contributed by atoms with van der Waals surface area (Å²) in [6, 6.07) is 0. The van der Waals surface area contributed by atoms with E-state index in [4.69, 9.17) is 0 Å². The molecule has 1 aromatic rings. The molecule has 0 spiro atoms. The Labute approximate surface area is 90.9 Å². The van der Waals surface area contributed by atoms with Crippen LogP contribution in [0.5, 0.6) is 0 Å². The van der Waals surface area contributed by atoms with Gasteiger partial charge in [-0.2, -0.15) is 4.37 Å². The van der Waals surface area contributed by atoms with E-state index in [-0.39, 0.29) is 5.24 Å². The van der Waals surface area contributed by atoms with E-state index in [1.54, 1.807) is 0 Å². The van der Waals surface area contributed by atoms with Crippen molar-refractivity contribution in [3.05, 3.63) is 5.01 Å². The first-order chi connectivity index (χ1) is 6.75. The fourth-order valence-corrected chi connectivity index (χ4v) is 2.71. The van der Waals surface area contributed by atoms with Gasteiger partial charge in [0.05, 0.1) is 0 Å². The third-order valence-corrected chi connectivity index (χ3v) is 3.59. The van der Waals surface area contributed by atoms with Gasteiger partial charge in [-0.3, -0.25) is 4.79 Å². The Kier molecular flexibility index (Phi) is 3.02. The van der Waals surface area contributed by atoms with Crippen LogP contribution in [0, 0.1) is 6.92 Å². The Morgan fingerprint density at radius 3 is 2.79 bits per heavy atom. The number of aromatic nitrogens is 2. The minimum Gasteiger partial charge on any atom is -0.333 e. The molecule has 0 aliphatic carbocycles. The molecule has 1 aromatic heterocycles. The van der Waals surface area contributed by atoms with Crippen LogP contribution in [0.4, 0.5) is 4.79 Å². The SMILES string of the molecule is Cc1nc(SC(=O)N2CCCC2)ns1. The number of rotatable bonds is 1. The second kappa shape index (κ2) is 4.27. The maximum absolute atomic E-state index is 11.6. The summed E-state index contributed by atoms with van der Waals surface area (Å²) < 4.78 is 4.07. The number of likely N-dealkylation sites (tertiary alicyclic amines) is 1. The zero-order chi connectivity index (χ0) is 9.97. The third kappa shape index (κ3) is 2.24. The highest BCUT2D eigenvalue weighted by atomic mass is 32.2. The lowest BCUT2D eigenvalue weighted by Gasteiger charge is -2.12. The predicted molar refractivity (Wildman–Crippen MR) is 56.7 cm³/mol. The smallest absolute Gasteiger partial charge is 0.289 e. The minimum atomic E-state index is 0.0836. The molecule has 1 aliphatic heterocycles. The molecule has 0 saturated carbocycles. The van der Waals surface area contributed by atoms with Gasteiger partial charge in [-0.1, -0.05) is 0 Å². The quantitative estimate of drug-likeness (QED) is 0.692. The van der Waals surface area contributed by atoms with Crippen molar-refractivity contribution in [2.75, 3.05) is 13.1 Å². The van der Waals surface area contributed by atoms with E-state index in [2.05, 4.69) is 9.36 Å². The van der Waals surface area contributed by atoms with Crippen LogP contribution in [0.1, 0.15) is 17.8 Å². The van der Waals surface area contributed by atoms with Crippen LogP contribution in [-0.4, -0.2) is 32.6 Å². The molecule has 0 aromatic carbocycles. The van der Waals surface area contributed by atoms with Gasteiger partial charge >= 0.3 is 0 Å². The number of thioether (sulfide) groups is 1. The lowest BCUT2D eigenvalue weighted by atomic mass is 10.4. The first-order valence-corrected chi connectivity index (χ1v) is 6.12. The number of carbonyl (C=O) groups is 1. The summed E-state index contributed by atoms with van der Waals surface area (Å²) in [6.07, 6.45) is 2.24. The zero-order valence-corrected chi connectivity index (χ0v) is 9.53. The number of hydrogen-bond donors (Lipinski definition) is 0. The number of nitrogens with zero attached hydrogens (tertiary/aromatic N) is 3. The fraction of sp³-hybridized carbons (Fsp3) is 0.625. The summed E-state index contributed by atoms with van der Waals surface area (Å²) in [6.45, 7) is 3.66. The van der Waals surface area contributed by atoms with Gasteiger partial charge in [-0.25, -0.2) is 4.98 Å². The van der Waals surface area contributed by atoms with Crippen LogP contribution in [0.2, 0.25) is 0 Å². The largest absolute Gasteiger partial charge is 0.333 e. The predicted octanol–water partition coefficient (Wildman–Crippen LogP) is 2.15. The van der Waals surface area contributed by atoms with Crippen molar-refractivity contribution < 1.29 is 4.79 Å². The minimum absolute atomic E-state index is 0.0836. The summed E-state index contributed by atoms with van der Waals surface area (Å²) in [4.78, 5) is 17.6. The normalized spacial score (nSPS) is 16.2. The van der Waals surface area contributed by atoms with Crippen LogP contribution in [0.3, 0.4) is 0 Å². The molecule has 76 valence electrons. The molecule has 2 rings (SSSR count). The van der Waals surface area contributed by atoms with Crippen molar-refractivity contribution in [1.82, 2.24) is 14.3 Å². The Balaban J connectivity index is 1.93. The summed E-state index contributed by atoms with van der Waals surface area (Å²) >= 11 is 2.47. The van der Waals surface area contributed by atoms with Crippen LogP contribution < -0.4 is 0 Å². The van der Waals surface area contributed by atoms with Crippen LogP contribution in [0.15, 0.2) is 5.16 Å². The van der Waals surface area contributed by atoms with Crippen molar-refractivity contribution in [3.63, 3.8) is 0 Å². The van der Waals surface area contributed by atoms with Gasteiger partial charge in [0.15, 0.2) is 0 Å². The van der Waals surface area contributed by atoms with Crippen molar-refractivity contribution >= 4 is 28.5 Å². The van der Waals surface area contributed by atoms with Gasteiger partial charge in [0, 0.05) is 24.9 Å². The topological polar surface area (TPSA) is 46.1 Å². The van der Waals surface area contributed by atoms with E-state index in [0.717, 1.165) is 42.7 Å². The van der Waals surface area contributed by atoms with Crippen molar-refractivity contribution in [2.24, 2.45) is 0 Å². The monoisotopic (exact) mass is 229 g/mol. The van der Waals surface area contributed by atoms with Gasteiger partial charge in [-0.15, -0.1) is 0 Å². The van der Waals surface area contributed by atoms with E-state index in [1.807, 2.05) is 11.8 Å². The maximum atomic E-state index is 11.6. The van der Waals surface area contributed by atoms with Crippen LogP contribution >= 0.6 is 23.3 Å². The molecule has 0 unspecified atom stereocenters. The highest BCUT2D eigenvalue weighted by Crippen LogP contribution is 2.22. The van der Waals surface area contributed by atoms with Gasteiger partial charge in [-0.05, 0) is 31.3 Å². The van der Waals surface area contributed by atoms with Crippen LogP contribution in [-0.2, 0) is 0 Å². The van der Waals surface area contributed by atoms with E-state index in [9.17, 15) is 4.79 Å². The van der Waals surface area contributed by atoms with Crippen molar-refractivity contribution in [2.45, 2.75) is 24.9 Å². The van der Waals surface area contributed by atoms with Gasteiger partial charge in [0.25, 0.3) is 5.24 Å². The average molecular weight is 229 g/mol. The number of carbonyl (C=O) groups excluding carboxylic acids is 1. The first kappa shape index (κ1) is 9.92. The lowest BCUT2D eigenvalue weighted by molar-refractivity contribution is 0.233. The zero-order valence-electron chi connectivity index (χ0n) is 7.89. The Morgan fingerprint density at radius 1 is 1.50 bits per heavy atom.